The highest BCUT2D eigenvalue weighted by atomic mass is 32.2. The van der Waals surface area contributed by atoms with E-state index in [1.807, 2.05) is 32.3 Å². The predicted octanol–water partition coefficient (Wildman–Crippen LogP) is 2.30. The first-order valence-electron chi connectivity index (χ1n) is 7.48. The molecule has 0 saturated heterocycles. The smallest absolute Gasteiger partial charge is 0.229 e. The van der Waals surface area contributed by atoms with Crippen molar-refractivity contribution in [3.8, 4) is 11.3 Å². The molecule has 9 heteroatoms. The van der Waals surface area contributed by atoms with Crippen molar-refractivity contribution in [2.75, 3.05) is 16.3 Å². The normalized spacial score (nSPS) is 11.3. The van der Waals surface area contributed by atoms with Crippen LogP contribution in [0.3, 0.4) is 0 Å². The van der Waals surface area contributed by atoms with E-state index in [2.05, 4.69) is 25.1 Å². The average Bonchev–Trinajstić information content (AvgIpc) is 2.94. The van der Waals surface area contributed by atoms with E-state index >= 15 is 0 Å². The number of benzene rings is 1. The number of anilines is 3. The largest absolute Gasteiger partial charge is 0.321 e. The first-order chi connectivity index (χ1) is 11.8. The van der Waals surface area contributed by atoms with Crippen molar-refractivity contribution in [2.24, 2.45) is 7.05 Å². The number of hydrogen-bond donors (Lipinski definition) is 2. The van der Waals surface area contributed by atoms with Gasteiger partial charge in [-0.1, -0.05) is 12.1 Å². The third kappa shape index (κ3) is 4.32. The standard InChI is InChI=1S/C16H18N6O2S/c1-11-8-17-16(19-14-9-18-22(2)10-14)20-15(11)12-4-6-13(7-5-12)21-25(3,23)24/h4-10,21H,1-3H3,(H,17,19,20). The molecule has 1 aromatic carbocycles. The van der Waals surface area contributed by atoms with E-state index in [0.717, 1.165) is 28.8 Å². The molecule has 2 aromatic heterocycles. The van der Waals surface area contributed by atoms with Crippen molar-refractivity contribution >= 4 is 27.3 Å². The number of hydrogen-bond acceptors (Lipinski definition) is 6. The molecule has 3 rings (SSSR count). The number of sulfonamides is 1. The van der Waals surface area contributed by atoms with Gasteiger partial charge < -0.3 is 5.32 Å². The molecular weight excluding hydrogens is 340 g/mol. The van der Waals surface area contributed by atoms with Gasteiger partial charge in [-0.3, -0.25) is 9.40 Å². The van der Waals surface area contributed by atoms with Crippen LogP contribution >= 0.6 is 0 Å². The topological polar surface area (TPSA) is 102 Å². The first kappa shape index (κ1) is 16.9. The summed E-state index contributed by atoms with van der Waals surface area (Å²) in [4.78, 5) is 8.84. The lowest BCUT2D eigenvalue weighted by atomic mass is 10.1. The Balaban J connectivity index is 1.87. The first-order valence-corrected chi connectivity index (χ1v) is 9.37. The molecule has 0 atom stereocenters. The molecule has 130 valence electrons. The van der Waals surface area contributed by atoms with Crippen LogP contribution in [0.4, 0.5) is 17.3 Å². The van der Waals surface area contributed by atoms with Gasteiger partial charge in [0.1, 0.15) is 0 Å². The van der Waals surface area contributed by atoms with Gasteiger partial charge in [-0.05, 0) is 24.6 Å². The molecule has 0 spiro atoms. The zero-order valence-corrected chi connectivity index (χ0v) is 14.9. The Morgan fingerprint density at radius 1 is 1.08 bits per heavy atom. The van der Waals surface area contributed by atoms with E-state index in [4.69, 9.17) is 0 Å². The van der Waals surface area contributed by atoms with Gasteiger partial charge in [0.05, 0.1) is 23.8 Å². The van der Waals surface area contributed by atoms with E-state index in [-0.39, 0.29) is 0 Å². The molecule has 0 unspecified atom stereocenters. The molecule has 0 aliphatic carbocycles. The summed E-state index contributed by atoms with van der Waals surface area (Å²) in [5.41, 5.74) is 3.86. The number of aryl methyl sites for hydroxylation is 2. The summed E-state index contributed by atoms with van der Waals surface area (Å²) < 4.78 is 26.7. The molecule has 0 amide bonds. The highest BCUT2D eigenvalue weighted by molar-refractivity contribution is 7.92. The fraction of sp³-hybridized carbons (Fsp3) is 0.188. The van der Waals surface area contributed by atoms with E-state index in [9.17, 15) is 8.42 Å². The third-order valence-electron chi connectivity index (χ3n) is 3.39. The van der Waals surface area contributed by atoms with Gasteiger partial charge in [0.15, 0.2) is 0 Å². The SMILES string of the molecule is Cc1cnc(Nc2cnn(C)c2)nc1-c1ccc(NS(C)(=O)=O)cc1. The van der Waals surface area contributed by atoms with Gasteiger partial charge in [-0.25, -0.2) is 18.4 Å². The van der Waals surface area contributed by atoms with Crippen LogP contribution in [0, 0.1) is 6.92 Å². The van der Waals surface area contributed by atoms with Gasteiger partial charge in [-0.15, -0.1) is 0 Å². The van der Waals surface area contributed by atoms with Crippen molar-refractivity contribution in [3.63, 3.8) is 0 Å². The van der Waals surface area contributed by atoms with Crippen molar-refractivity contribution in [1.29, 1.82) is 0 Å². The molecule has 3 aromatic rings. The molecule has 2 N–H and O–H groups in total. The van der Waals surface area contributed by atoms with Crippen LogP contribution in [0.15, 0.2) is 42.9 Å². The second-order valence-electron chi connectivity index (χ2n) is 5.70. The maximum absolute atomic E-state index is 11.3. The lowest BCUT2D eigenvalue weighted by molar-refractivity contribution is 0.607. The quantitative estimate of drug-likeness (QED) is 0.726. The number of aromatic nitrogens is 4. The fourth-order valence-corrected chi connectivity index (χ4v) is 2.88. The molecule has 0 saturated carbocycles. The predicted molar refractivity (Wildman–Crippen MR) is 97.2 cm³/mol. The van der Waals surface area contributed by atoms with Crippen molar-refractivity contribution in [2.45, 2.75) is 6.92 Å². The minimum Gasteiger partial charge on any atom is -0.321 e. The van der Waals surface area contributed by atoms with E-state index in [1.165, 1.54) is 0 Å². The average molecular weight is 358 g/mol. The van der Waals surface area contributed by atoms with Gasteiger partial charge in [0.25, 0.3) is 0 Å². The maximum Gasteiger partial charge on any atom is 0.229 e. The molecule has 0 radical (unpaired) electrons. The Labute approximate surface area is 146 Å². The second kappa shape index (κ2) is 6.52. The Hall–Kier alpha value is -2.94. The zero-order valence-electron chi connectivity index (χ0n) is 14.1. The second-order valence-corrected chi connectivity index (χ2v) is 7.45. The molecule has 0 fully saturated rings. The van der Waals surface area contributed by atoms with Gasteiger partial charge >= 0.3 is 0 Å². The molecule has 8 nitrogen and oxygen atoms in total. The fourth-order valence-electron chi connectivity index (χ4n) is 2.32. The third-order valence-corrected chi connectivity index (χ3v) is 4.00. The van der Waals surface area contributed by atoms with Crippen molar-refractivity contribution in [3.05, 3.63) is 48.4 Å². The van der Waals surface area contributed by atoms with E-state index < -0.39 is 10.0 Å². The molecular formula is C16H18N6O2S. The van der Waals surface area contributed by atoms with Crippen LogP contribution in [0.25, 0.3) is 11.3 Å². The summed E-state index contributed by atoms with van der Waals surface area (Å²) in [5, 5.41) is 7.20. The zero-order chi connectivity index (χ0) is 18.0. The Bertz CT molecular complexity index is 996. The molecule has 2 heterocycles. The Kier molecular flexibility index (Phi) is 4.41. The van der Waals surface area contributed by atoms with Gasteiger partial charge in [0.2, 0.25) is 16.0 Å². The van der Waals surface area contributed by atoms with Crippen LogP contribution in [0.5, 0.6) is 0 Å². The number of nitrogens with zero attached hydrogens (tertiary/aromatic N) is 4. The summed E-state index contributed by atoms with van der Waals surface area (Å²) in [7, 11) is -1.46. The summed E-state index contributed by atoms with van der Waals surface area (Å²) >= 11 is 0. The van der Waals surface area contributed by atoms with Crippen LogP contribution in [0.2, 0.25) is 0 Å². The summed E-state index contributed by atoms with van der Waals surface area (Å²) in [5.74, 6) is 0.465. The summed E-state index contributed by atoms with van der Waals surface area (Å²) in [6.45, 7) is 1.92. The Morgan fingerprint density at radius 2 is 1.80 bits per heavy atom. The molecule has 0 bridgehead atoms. The highest BCUT2D eigenvalue weighted by Gasteiger charge is 2.09. The van der Waals surface area contributed by atoms with Gasteiger partial charge in [-0.2, -0.15) is 5.10 Å². The van der Waals surface area contributed by atoms with Crippen molar-refractivity contribution < 1.29 is 8.42 Å². The van der Waals surface area contributed by atoms with Crippen LogP contribution < -0.4 is 10.0 Å². The van der Waals surface area contributed by atoms with Crippen molar-refractivity contribution in [1.82, 2.24) is 19.7 Å². The minimum absolute atomic E-state index is 0.465. The van der Waals surface area contributed by atoms with Gasteiger partial charge in [0, 0.05) is 30.7 Å². The molecule has 25 heavy (non-hydrogen) atoms. The van der Waals surface area contributed by atoms with E-state index in [0.29, 0.717) is 11.6 Å². The van der Waals surface area contributed by atoms with Crippen LogP contribution in [-0.4, -0.2) is 34.4 Å². The maximum atomic E-state index is 11.3. The minimum atomic E-state index is -3.30. The lowest BCUT2D eigenvalue weighted by Gasteiger charge is -2.09. The highest BCUT2D eigenvalue weighted by Crippen LogP contribution is 2.24. The van der Waals surface area contributed by atoms with Crippen LogP contribution in [-0.2, 0) is 17.1 Å². The molecule has 0 aliphatic rings. The summed E-state index contributed by atoms with van der Waals surface area (Å²) in [6.07, 6.45) is 6.37. The molecule has 0 aliphatic heterocycles. The lowest BCUT2D eigenvalue weighted by Crippen LogP contribution is -2.09. The number of rotatable bonds is 5. The van der Waals surface area contributed by atoms with E-state index in [1.54, 1.807) is 29.2 Å². The van der Waals surface area contributed by atoms with Crippen LogP contribution in [0.1, 0.15) is 5.56 Å². The number of nitrogens with one attached hydrogen (secondary N) is 2. The Morgan fingerprint density at radius 3 is 2.40 bits per heavy atom. The monoisotopic (exact) mass is 358 g/mol. The summed E-state index contributed by atoms with van der Waals surface area (Å²) in [6, 6.07) is 7.03.